The van der Waals surface area contributed by atoms with Crippen LogP contribution in [0.5, 0.6) is 0 Å². The molecule has 0 saturated carbocycles. The van der Waals surface area contributed by atoms with Crippen LogP contribution in [0.1, 0.15) is 41.4 Å². The first-order valence-corrected chi connectivity index (χ1v) is 12.3. The van der Waals surface area contributed by atoms with Gasteiger partial charge in [-0.1, -0.05) is 12.5 Å². The minimum Gasteiger partial charge on any atom is -0.468 e. The number of nitrogens with one attached hydrogen (secondary N) is 2. The molecule has 9 nitrogen and oxygen atoms in total. The Bertz CT molecular complexity index is 1050. The number of sulfonamides is 1. The average Bonchev–Trinajstić information content (AvgIpc) is 3.34. The molecule has 2 fully saturated rings. The summed E-state index contributed by atoms with van der Waals surface area (Å²) in [6.07, 6.45) is 5.05. The summed E-state index contributed by atoms with van der Waals surface area (Å²) in [6.45, 7) is 2.49. The maximum atomic E-state index is 12.9. The molecule has 2 aliphatic rings. The van der Waals surface area contributed by atoms with Crippen molar-refractivity contribution in [3.63, 3.8) is 0 Å². The van der Waals surface area contributed by atoms with Gasteiger partial charge in [-0.15, -0.1) is 0 Å². The van der Waals surface area contributed by atoms with Crippen LogP contribution in [0, 0.1) is 0 Å². The average molecular weight is 461 g/mol. The Balaban J connectivity index is 1.47. The summed E-state index contributed by atoms with van der Waals surface area (Å²) < 4.78 is 32.6. The molecule has 2 N–H and O–H groups in total. The third kappa shape index (κ3) is 5.03. The van der Waals surface area contributed by atoms with Crippen molar-refractivity contribution >= 4 is 21.8 Å². The molecule has 2 aromatic rings. The Morgan fingerprint density at radius 2 is 1.94 bits per heavy atom. The van der Waals surface area contributed by atoms with Gasteiger partial charge in [0.25, 0.3) is 5.91 Å². The first kappa shape index (κ1) is 22.5. The molecule has 10 heteroatoms. The van der Waals surface area contributed by atoms with Gasteiger partial charge in [0.2, 0.25) is 15.9 Å². The van der Waals surface area contributed by atoms with Gasteiger partial charge in [-0.3, -0.25) is 14.5 Å². The van der Waals surface area contributed by atoms with E-state index in [0.717, 1.165) is 36.0 Å². The first-order chi connectivity index (χ1) is 15.4. The van der Waals surface area contributed by atoms with E-state index in [4.69, 9.17) is 4.42 Å². The number of likely N-dealkylation sites (tertiary alicyclic amines) is 1. The summed E-state index contributed by atoms with van der Waals surface area (Å²) >= 11 is 0. The zero-order chi connectivity index (χ0) is 22.6. The monoisotopic (exact) mass is 460 g/mol. The lowest BCUT2D eigenvalue weighted by Crippen LogP contribution is -2.49. The molecule has 2 amide bonds. The minimum absolute atomic E-state index is 0.00142. The minimum atomic E-state index is -3.87. The molecule has 0 aliphatic carbocycles. The summed E-state index contributed by atoms with van der Waals surface area (Å²) in [7, 11) is -3.87. The number of piperidine rings is 1. The van der Waals surface area contributed by atoms with Gasteiger partial charge in [0.1, 0.15) is 5.76 Å². The van der Waals surface area contributed by atoms with E-state index >= 15 is 0 Å². The van der Waals surface area contributed by atoms with Crippen LogP contribution in [-0.4, -0.2) is 68.7 Å². The third-order valence-corrected chi connectivity index (χ3v) is 7.74. The Kier molecular flexibility index (Phi) is 6.92. The lowest BCUT2D eigenvalue weighted by atomic mass is 10.1. The van der Waals surface area contributed by atoms with Gasteiger partial charge >= 0.3 is 0 Å². The second-order valence-electron chi connectivity index (χ2n) is 8.05. The Labute approximate surface area is 187 Å². The maximum absolute atomic E-state index is 12.9. The van der Waals surface area contributed by atoms with Crippen molar-refractivity contribution in [1.82, 2.24) is 19.8 Å². The van der Waals surface area contributed by atoms with E-state index in [1.165, 1.54) is 18.6 Å². The van der Waals surface area contributed by atoms with Crippen molar-refractivity contribution in [3.05, 3.63) is 54.0 Å². The predicted molar refractivity (Wildman–Crippen MR) is 117 cm³/mol. The van der Waals surface area contributed by atoms with Crippen molar-refractivity contribution in [3.8, 4) is 0 Å². The number of carbonyl (C=O) groups is 2. The Morgan fingerprint density at radius 1 is 1.12 bits per heavy atom. The zero-order valence-corrected chi connectivity index (χ0v) is 18.6. The summed E-state index contributed by atoms with van der Waals surface area (Å²) in [5.74, 6) is 0.106. The number of benzene rings is 1. The van der Waals surface area contributed by atoms with E-state index < -0.39 is 10.0 Å². The standard InChI is InChI=1S/C22H28N4O5S/c27-21-16-26(12-9-23-21)32(29,30)18-7-4-6-17(14-18)22(28)24-15-19(20-8-5-13-31-20)25-10-2-1-3-11-25/h4-8,13-14,19H,1-3,9-12,15-16H2,(H,23,27)(H,24,28)/t19-/m1/s1. The van der Waals surface area contributed by atoms with E-state index in [-0.39, 0.29) is 47.9 Å². The van der Waals surface area contributed by atoms with E-state index in [1.54, 1.807) is 18.4 Å². The van der Waals surface area contributed by atoms with Crippen LogP contribution in [-0.2, 0) is 14.8 Å². The third-order valence-electron chi connectivity index (χ3n) is 5.90. The number of hydrogen-bond acceptors (Lipinski definition) is 6. The van der Waals surface area contributed by atoms with E-state index in [2.05, 4.69) is 15.5 Å². The van der Waals surface area contributed by atoms with Crippen molar-refractivity contribution in [1.29, 1.82) is 0 Å². The van der Waals surface area contributed by atoms with Gasteiger partial charge in [0.15, 0.2) is 0 Å². The molecule has 4 rings (SSSR count). The highest BCUT2D eigenvalue weighted by Gasteiger charge is 2.30. The molecular weight excluding hydrogens is 432 g/mol. The largest absolute Gasteiger partial charge is 0.468 e. The highest BCUT2D eigenvalue weighted by atomic mass is 32.2. The number of piperazine rings is 1. The van der Waals surface area contributed by atoms with Crippen LogP contribution in [0.4, 0.5) is 0 Å². The Hall–Kier alpha value is -2.69. The molecule has 1 aromatic heterocycles. The highest BCUT2D eigenvalue weighted by molar-refractivity contribution is 7.89. The Morgan fingerprint density at radius 3 is 2.66 bits per heavy atom. The molecule has 3 heterocycles. The molecular formula is C22H28N4O5S. The molecule has 0 spiro atoms. The second kappa shape index (κ2) is 9.85. The zero-order valence-electron chi connectivity index (χ0n) is 17.8. The van der Waals surface area contributed by atoms with Crippen LogP contribution >= 0.6 is 0 Å². The van der Waals surface area contributed by atoms with Gasteiger partial charge in [-0.05, 0) is 56.3 Å². The van der Waals surface area contributed by atoms with Crippen LogP contribution in [0.2, 0.25) is 0 Å². The van der Waals surface area contributed by atoms with Crippen molar-refractivity contribution in [2.45, 2.75) is 30.2 Å². The molecule has 2 aliphatic heterocycles. The van der Waals surface area contributed by atoms with Crippen molar-refractivity contribution < 1.29 is 22.4 Å². The van der Waals surface area contributed by atoms with Crippen LogP contribution in [0.15, 0.2) is 52.0 Å². The van der Waals surface area contributed by atoms with E-state index in [0.29, 0.717) is 6.54 Å². The summed E-state index contributed by atoms with van der Waals surface area (Å²) in [5.41, 5.74) is 0.254. The predicted octanol–water partition coefficient (Wildman–Crippen LogP) is 1.36. The normalized spacial score (nSPS) is 19.3. The number of nitrogens with zero attached hydrogens (tertiary/aromatic N) is 2. The van der Waals surface area contributed by atoms with Gasteiger partial charge in [-0.25, -0.2) is 8.42 Å². The SMILES string of the molecule is O=C1CN(S(=O)(=O)c2cccc(C(=O)NC[C@H](c3ccco3)N3CCCCC3)c2)CCN1. The van der Waals surface area contributed by atoms with Crippen molar-refractivity contribution in [2.24, 2.45) is 0 Å². The highest BCUT2D eigenvalue weighted by Crippen LogP contribution is 2.25. The van der Waals surface area contributed by atoms with Crippen LogP contribution < -0.4 is 10.6 Å². The second-order valence-corrected chi connectivity index (χ2v) is 9.99. The fourth-order valence-electron chi connectivity index (χ4n) is 4.18. The lowest BCUT2D eigenvalue weighted by molar-refractivity contribution is -0.122. The van der Waals surface area contributed by atoms with Crippen LogP contribution in [0.3, 0.4) is 0 Å². The fourth-order valence-corrected chi connectivity index (χ4v) is 5.62. The molecule has 32 heavy (non-hydrogen) atoms. The van der Waals surface area contributed by atoms with Gasteiger partial charge in [0.05, 0.1) is 23.7 Å². The smallest absolute Gasteiger partial charge is 0.251 e. The van der Waals surface area contributed by atoms with Gasteiger partial charge in [0, 0.05) is 25.2 Å². The number of hydrogen-bond donors (Lipinski definition) is 2. The van der Waals surface area contributed by atoms with Crippen molar-refractivity contribution in [2.75, 3.05) is 39.3 Å². The molecule has 2 saturated heterocycles. The molecule has 0 bridgehead atoms. The number of rotatable bonds is 7. The van der Waals surface area contributed by atoms with Crippen LogP contribution in [0.25, 0.3) is 0 Å². The number of carbonyl (C=O) groups excluding carboxylic acids is 2. The first-order valence-electron chi connectivity index (χ1n) is 10.9. The summed E-state index contributed by atoms with van der Waals surface area (Å²) in [4.78, 5) is 26.8. The molecule has 0 radical (unpaired) electrons. The van der Waals surface area contributed by atoms with E-state index in [1.807, 2.05) is 12.1 Å². The molecule has 1 atom stereocenters. The summed E-state index contributed by atoms with van der Waals surface area (Å²) in [5, 5.41) is 5.55. The quantitative estimate of drug-likeness (QED) is 0.645. The number of amides is 2. The molecule has 1 aromatic carbocycles. The molecule has 0 unspecified atom stereocenters. The lowest BCUT2D eigenvalue weighted by Gasteiger charge is -2.33. The topological polar surface area (TPSA) is 112 Å². The van der Waals surface area contributed by atoms with Gasteiger partial charge < -0.3 is 15.1 Å². The molecule has 172 valence electrons. The number of furan rings is 1. The van der Waals surface area contributed by atoms with E-state index in [9.17, 15) is 18.0 Å². The van der Waals surface area contributed by atoms with Gasteiger partial charge in [-0.2, -0.15) is 4.31 Å². The summed E-state index contributed by atoms with van der Waals surface area (Å²) in [6, 6.07) is 9.60. The maximum Gasteiger partial charge on any atom is 0.251 e. The fraction of sp³-hybridized carbons (Fsp3) is 0.455.